The van der Waals surface area contributed by atoms with Crippen LogP contribution >= 0.6 is 0 Å². The molecule has 2 nitrogen and oxygen atoms in total. The van der Waals surface area contributed by atoms with Gasteiger partial charge in [0.25, 0.3) is 0 Å². The average Bonchev–Trinajstić information content (AvgIpc) is 2.53. The van der Waals surface area contributed by atoms with Crippen LogP contribution in [0, 0.1) is 13.8 Å². The quantitative estimate of drug-likeness (QED) is 0.770. The summed E-state index contributed by atoms with van der Waals surface area (Å²) >= 11 is 0. The van der Waals surface area contributed by atoms with E-state index in [1.54, 1.807) is 14.2 Å². The van der Waals surface area contributed by atoms with Gasteiger partial charge < -0.3 is 9.47 Å². The molecule has 0 spiro atoms. The van der Waals surface area contributed by atoms with E-state index in [0.717, 1.165) is 17.9 Å². The van der Waals surface area contributed by atoms with Gasteiger partial charge in [-0.25, -0.2) is 0 Å². The van der Waals surface area contributed by atoms with Crippen molar-refractivity contribution < 1.29 is 9.47 Å². The van der Waals surface area contributed by atoms with Crippen molar-refractivity contribution in [3.05, 3.63) is 58.7 Å². The molecular formula is C20H26O2. The second-order valence-corrected chi connectivity index (χ2v) is 6.05. The Balaban J connectivity index is 2.52. The van der Waals surface area contributed by atoms with E-state index in [1.807, 2.05) is 0 Å². The lowest BCUT2D eigenvalue weighted by Gasteiger charge is -2.31. The SMILES string of the molecule is CCC(C)(c1ccc(OC)c(C)c1)c1ccc(OC)c(C)c1. The molecule has 0 saturated carbocycles. The fraction of sp³-hybridized carbons (Fsp3) is 0.400. The Morgan fingerprint density at radius 1 is 0.818 bits per heavy atom. The van der Waals surface area contributed by atoms with Crippen molar-refractivity contribution in [3.8, 4) is 11.5 Å². The summed E-state index contributed by atoms with van der Waals surface area (Å²) in [6, 6.07) is 13.0. The standard InChI is InChI=1S/C20H26O2/c1-7-20(4,16-8-10-18(21-5)14(2)12-16)17-9-11-19(22-6)15(3)13-17/h8-13H,7H2,1-6H3. The van der Waals surface area contributed by atoms with Gasteiger partial charge in [-0.15, -0.1) is 0 Å². The molecule has 0 aromatic heterocycles. The monoisotopic (exact) mass is 298 g/mol. The topological polar surface area (TPSA) is 18.5 Å². The van der Waals surface area contributed by atoms with Crippen LogP contribution in [0.25, 0.3) is 0 Å². The Labute approximate surface area is 134 Å². The molecule has 0 aliphatic heterocycles. The molecule has 0 amide bonds. The van der Waals surface area contributed by atoms with Crippen molar-refractivity contribution in [3.63, 3.8) is 0 Å². The molecule has 2 heteroatoms. The predicted molar refractivity (Wildman–Crippen MR) is 92.2 cm³/mol. The Morgan fingerprint density at radius 2 is 1.23 bits per heavy atom. The second kappa shape index (κ2) is 6.43. The van der Waals surface area contributed by atoms with E-state index in [-0.39, 0.29) is 5.41 Å². The number of aryl methyl sites for hydroxylation is 2. The lowest BCUT2D eigenvalue weighted by atomic mass is 9.73. The average molecular weight is 298 g/mol. The largest absolute Gasteiger partial charge is 0.496 e. The summed E-state index contributed by atoms with van der Waals surface area (Å²) in [5.41, 5.74) is 4.96. The molecule has 2 aromatic carbocycles. The van der Waals surface area contributed by atoms with Gasteiger partial charge in [0.2, 0.25) is 0 Å². The number of ether oxygens (including phenoxy) is 2. The van der Waals surface area contributed by atoms with Crippen LogP contribution in [0.3, 0.4) is 0 Å². The van der Waals surface area contributed by atoms with Crippen LogP contribution < -0.4 is 9.47 Å². The van der Waals surface area contributed by atoms with Crippen LogP contribution in [0.4, 0.5) is 0 Å². The first-order chi connectivity index (χ1) is 10.5. The molecular weight excluding hydrogens is 272 g/mol. The highest BCUT2D eigenvalue weighted by Crippen LogP contribution is 2.38. The highest BCUT2D eigenvalue weighted by atomic mass is 16.5. The summed E-state index contributed by atoms with van der Waals surface area (Å²) < 4.78 is 10.8. The summed E-state index contributed by atoms with van der Waals surface area (Å²) in [4.78, 5) is 0. The molecule has 0 N–H and O–H groups in total. The minimum absolute atomic E-state index is 0.0198. The first-order valence-electron chi connectivity index (χ1n) is 7.76. The van der Waals surface area contributed by atoms with Gasteiger partial charge in [0.05, 0.1) is 14.2 Å². The van der Waals surface area contributed by atoms with Crippen LogP contribution in [0.2, 0.25) is 0 Å². The number of hydrogen-bond acceptors (Lipinski definition) is 2. The van der Waals surface area contributed by atoms with E-state index in [2.05, 4.69) is 64.1 Å². The third-order valence-electron chi connectivity index (χ3n) is 4.77. The maximum Gasteiger partial charge on any atom is 0.121 e. The lowest BCUT2D eigenvalue weighted by molar-refractivity contribution is 0.410. The fourth-order valence-electron chi connectivity index (χ4n) is 3.02. The number of hydrogen-bond donors (Lipinski definition) is 0. The maximum absolute atomic E-state index is 5.38. The van der Waals surface area contributed by atoms with Crippen molar-refractivity contribution in [2.75, 3.05) is 14.2 Å². The predicted octanol–water partition coefficient (Wildman–Crippen LogP) is 5.04. The van der Waals surface area contributed by atoms with E-state index in [1.165, 1.54) is 22.3 Å². The van der Waals surface area contributed by atoms with Crippen LogP contribution in [0.5, 0.6) is 11.5 Å². The molecule has 118 valence electrons. The zero-order chi connectivity index (χ0) is 16.3. The van der Waals surface area contributed by atoms with Gasteiger partial charge in [-0.1, -0.05) is 38.1 Å². The van der Waals surface area contributed by atoms with Crippen LogP contribution in [-0.4, -0.2) is 14.2 Å². The molecule has 0 atom stereocenters. The van der Waals surface area contributed by atoms with Gasteiger partial charge in [0.15, 0.2) is 0 Å². The smallest absolute Gasteiger partial charge is 0.121 e. The van der Waals surface area contributed by atoms with Gasteiger partial charge in [-0.05, 0) is 54.7 Å². The third-order valence-corrected chi connectivity index (χ3v) is 4.77. The van der Waals surface area contributed by atoms with Crippen molar-refractivity contribution in [1.82, 2.24) is 0 Å². The highest BCUT2D eigenvalue weighted by Gasteiger charge is 2.28. The molecule has 0 unspecified atom stereocenters. The van der Waals surface area contributed by atoms with E-state index in [0.29, 0.717) is 0 Å². The Kier molecular flexibility index (Phi) is 4.80. The highest BCUT2D eigenvalue weighted by molar-refractivity contribution is 5.47. The molecule has 2 aromatic rings. The van der Waals surface area contributed by atoms with Gasteiger partial charge in [0.1, 0.15) is 11.5 Å². The summed E-state index contributed by atoms with van der Waals surface area (Å²) in [7, 11) is 3.43. The third kappa shape index (κ3) is 2.83. The first-order valence-corrected chi connectivity index (χ1v) is 7.76. The molecule has 2 rings (SSSR count). The van der Waals surface area contributed by atoms with Gasteiger partial charge in [-0.2, -0.15) is 0 Å². The molecule has 22 heavy (non-hydrogen) atoms. The molecule has 0 aliphatic rings. The summed E-state index contributed by atoms with van der Waals surface area (Å²) in [6.07, 6.45) is 1.03. The minimum Gasteiger partial charge on any atom is -0.496 e. The van der Waals surface area contributed by atoms with Gasteiger partial charge in [-0.3, -0.25) is 0 Å². The zero-order valence-corrected chi connectivity index (χ0v) is 14.5. The van der Waals surface area contributed by atoms with E-state index < -0.39 is 0 Å². The van der Waals surface area contributed by atoms with Crippen LogP contribution in [-0.2, 0) is 5.41 Å². The number of methoxy groups -OCH3 is 2. The Bertz CT molecular complexity index is 605. The zero-order valence-electron chi connectivity index (χ0n) is 14.5. The van der Waals surface area contributed by atoms with E-state index in [9.17, 15) is 0 Å². The molecule has 0 bridgehead atoms. The summed E-state index contributed by atoms with van der Waals surface area (Å²) in [5, 5.41) is 0. The molecule has 0 radical (unpaired) electrons. The van der Waals surface area contributed by atoms with Crippen LogP contribution in [0.15, 0.2) is 36.4 Å². The summed E-state index contributed by atoms with van der Waals surface area (Å²) in [6.45, 7) is 8.73. The molecule has 0 fully saturated rings. The van der Waals surface area contributed by atoms with Gasteiger partial charge >= 0.3 is 0 Å². The first kappa shape index (κ1) is 16.4. The minimum atomic E-state index is -0.0198. The molecule has 0 aliphatic carbocycles. The van der Waals surface area contributed by atoms with Crippen LogP contribution in [0.1, 0.15) is 42.5 Å². The Morgan fingerprint density at radius 3 is 1.50 bits per heavy atom. The van der Waals surface area contributed by atoms with Crippen molar-refractivity contribution >= 4 is 0 Å². The normalized spacial score (nSPS) is 11.4. The molecule has 0 heterocycles. The number of benzene rings is 2. The number of rotatable bonds is 5. The fourth-order valence-corrected chi connectivity index (χ4v) is 3.02. The van der Waals surface area contributed by atoms with Crippen molar-refractivity contribution in [2.24, 2.45) is 0 Å². The van der Waals surface area contributed by atoms with Gasteiger partial charge in [0, 0.05) is 5.41 Å². The van der Waals surface area contributed by atoms with Crippen molar-refractivity contribution in [1.29, 1.82) is 0 Å². The maximum atomic E-state index is 5.38. The van der Waals surface area contributed by atoms with Crippen molar-refractivity contribution in [2.45, 2.75) is 39.5 Å². The van der Waals surface area contributed by atoms with E-state index in [4.69, 9.17) is 9.47 Å². The molecule has 0 saturated heterocycles. The second-order valence-electron chi connectivity index (χ2n) is 6.05. The van der Waals surface area contributed by atoms with E-state index >= 15 is 0 Å². The summed E-state index contributed by atoms with van der Waals surface area (Å²) in [5.74, 6) is 1.88. The Hall–Kier alpha value is -1.96. The lowest BCUT2D eigenvalue weighted by Crippen LogP contribution is -2.23.